The minimum absolute atomic E-state index is 0.433. The van der Waals surface area contributed by atoms with Crippen molar-refractivity contribution >= 4 is 15.8 Å². The van der Waals surface area contributed by atoms with Crippen LogP contribution >= 0.6 is 15.8 Å². The Morgan fingerprint density at radius 2 is 0.880 bits per heavy atom. The second-order valence-corrected chi connectivity index (χ2v) is 41.2. The summed E-state index contributed by atoms with van der Waals surface area (Å²) >= 11 is 0. The van der Waals surface area contributed by atoms with Crippen molar-refractivity contribution in [2.24, 2.45) is 0 Å². The van der Waals surface area contributed by atoms with E-state index in [0.717, 1.165) is 0 Å². The van der Waals surface area contributed by atoms with Gasteiger partial charge in [0.05, 0.1) is 0 Å². The third-order valence-electron chi connectivity index (χ3n) is 16.8. The summed E-state index contributed by atoms with van der Waals surface area (Å²) in [7, 11) is 0.865. The zero-order chi connectivity index (χ0) is 16.7. The van der Waals surface area contributed by atoms with E-state index in [-0.39, 0.29) is 0 Å². The first-order valence-electron chi connectivity index (χ1n) is 11.6. The van der Waals surface area contributed by atoms with Crippen LogP contribution in [0.15, 0.2) is 0 Å². The molecule has 4 unspecified atom stereocenters. The van der Waals surface area contributed by atoms with Gasteiger partial charge in [-0.15, -0.1) is 0 Å². The number of rotatable bonds is 10. The fourth-order valence-corrected chi connectivity index (χ4v) is 121. The third kappa shape index (κ3) is 0.217. The van der Waals surface area contributed by atoms with E-state index in [2.05, 4.69) is 27.7 Å². The molecule has 0 aromatic rings. The summed E-state index contributed by atoms with van der Waals surface area (Å²) in [5, 5.41) is 0. The van der Waals surface area contributed by atoms with Gasteiger partial charge in [-0.05, 0) is 0 Å². The molecule has 4 atom stereocenters. The molecular weight excluding hydrogens is 385 g/mol. The topological polar surface area (TPSA) is 0 Å². The molecular formula is C22H36CoP2. The summed E-state index contributed by atoms with van der Waals surface area (Å²) in [4.78, 5) is 12.3. The third-order valence-corrected chi connectivity index (χ3v) is 72.5. The number of hydrogen-bond acceptors (Lipinski definition) is 0. The molecule has 10 rings (SSSR count). The summed E-state index contributed by atoms with van der Waals surface area (Å²) < 4.78 is 2.44. The molecule has 0 radical (unpaired) electrons. The molecule has 10 saturated heterocycles. The van der Waals surface area contributed by atoms with Crippen molar-refractivity contribution in [2.75, 3.05) is 24.6 Å². The molecule has 25 heavy (non-hydrogen) atoms. The molecule has 0 aromatic carbocycles. The SMILES string of the molecule is CCCP(CCC)[C]12[CH]3[CH]4[CH]5[C]1(P(CCC)CCC)[Co]43521678[CH]2[CH]1[CH]6[CH]7[CH]28. The van der Waals surface area contributed by atoms with Crippen LogP contribution in [0.3, 0.4) is 0 Å². The van der Waals surface area contributed by atoms with Gasteiger partial charge in [0.1, 0.15) is 0 Å². The van der Waals surface area contributed by atoms with Gasteiger partial charge in [-0.25, -0.2) is 0 Å². The monoisotopic (exact) mass is 421 g/mol. The molecule has 0 nitrogen and oxygen atoms in total. The average Bonchev–Trinajstić information content (AvgIpc) is 3.54. The first kappa shape index (κ1) is 13.6. The first-order chi connectivity index (χ1) is 12.0. The molecule has 0 amide bonds. The number of fused-ring (bicyclic) bond motifs is 10. The van der Waals surface area contributed by atoms with E-state index in [1.807, 2.05) is 0 Å². The van der Waals surface area contributed by atoms with E-state index < -0.39 is 6.37 Å². The van der Waals surface area contributed by atoms with Crippen molar-refractivity contribution in [3.63, 3.8) is 0 Å². The fourth-order valence-electron chi connectivity index (χ4n) is 19.0. The van der Waals surface area contributed by atoms with E-state index in [9.17, 15) is 0 Å². The van der Waals surface area contributed by atoms with E-state index in [0.29, 0.717) is 15.8 Å². The maximum atomic E-state index is 2.53. The molecule has 10 heterocycles. The second kappa shape index (κ2) is 1.62. The summed E-state index contributed by atoms with van der Waals surface area (Å²) in [6, 6.07) is 0. The van der Waals surface area contributed by atoms with Crippen molar-refractivity contribution in [2.45, 2.75) is 100 Å². The van der Waals surface area contributed by atoms with Gasteiger partial charge in [-0.2, -0.15) is 0 Å². The van der Waals surface area contributed by atoms with E-state index in [1.165, 1.54) is 72.7 Å². The molecule has 0 bridgehead atoms. The van der Waals surface area contributed by atoms with Crippen LogP contribution in [0.2, 0.25) is 38.8 Å². The van der Waals surface area contributed by atoms with Crippen molar-refractivity contribution in [3.05, 3.63) is 0 Å². The molecule has 143 valence electrons. The van der Waals surface area contributed by atoms with Gasteiger partial charge in [0, 0.05) is 0 Å². The first-order valence-corrected chi connectivity index (χ1v) is 20.8. The quantitative estimate of drug-likeness (QED) is 0.316. The van der Waals surface area contributed by atoms with E-state index >= 15 is 0 Å². The average molecular weight is 421 g/mol. The van der Waals surface area contributed by atoms with Crippen LogP contribution in [-0.2, 0) is 6.37 Å². The molecule has 0 aromatic heterocycles. The molecule has 10 aliphatic rings. The van der Waals surface area contributed by atoms with Gasteiger partial charge in [-0.3, -0.25) is 0 Å². The molecule has 3 heteroatoms. The molecule has 0 saturated carbocycles. The Bertz CT molecular complexity index is 1020. The predicted octanol–water partition coefficient (Wildman–Crippen LogP) is 7.79. The normalized spacial score (nSPS) is 88.4. The Hall–Kier alpha value is 1.37. The van der Waals surface area contributed by atoms with Gasteiger partial charge in [-0.1, -0.05) is 0 Å². The van der Waals surface area contributed by atoms with Gasteiger partial charge in [0.2, 0.25) is 0 Å². The van der Waals surface area contributed by atoms with Crippen molar-refractivity contribution in [1.29, 1.82) is 0 Å². The Labute approximate surface area is 147 Å². The van der Waals surface area contributed by atoms with Gasteiger partial charge in [0.15, 0.2) is 0 Å². The molecule has 0 aliphatic carbocycles. The molecule has 0 N–H and O–H groups in total. The Kier molecular flexibility index (Phi) is 0.880. The van der Waals surface area contributed by atoms with Crippen LogP contribution in [0, 0.1) is 0 Å². The molecule has 1 spiro atoms. The van der Waals surface area contributed by atoms with Crippen molar-refractivity contribution < 1.29 is 6.37 Å². The number of hydrogen-bond donors (Lipinski definition) is 0. The Morgan fingerprint density at radius 1 is 0.560 bits per heavy atom. The van der Waals surface area contributed by atoms with Gasteiger partial charge < -0.3 is 0 Å². The van der Waals surface area contributed by atoms with E-state index in [4.69, 9.17) is 0 Å². The summed E-state index contributed by atoms with van der Waals surface area (Å²) in [6.07, 6.45) is 9.92. The molecule has 10 fully saturated rings. The van der Waals surface area contributed by atoms with Crippen LogP contribution in [0.25, 0.3) is 0 Å². The van der Waals surface area contributed by atoms with Gasteiger partial charge in [0.25, 0.3) is 0 Å². The summed E-state index contributed by atoms with van der Waals surface area (Å²) in [6.45, 7) is 10.1. The second-order valence-electron chi connectivity index (χ2n) is 13.2. The standard InChI is InChI=1S/C17H31P2.C5H5.Co/c1-5-12-18(13-6-2)16-10-9-11-17(16)19(14-7-3)15-8-4;1-2-4-5-3-1;/h9-11H,5-8,12-15H2,1-4H3;1-5H;. The van der Waals surface area contributed by atoms with Crippen LogP contribution in [0.1, 0.15) is 53.4 Å². The fraction of sp³-hybridized carbons (Fsp3) is 1.00. The van der Waals surface area contributed by atoms with Crippen LogP contribution in [0.5, 0.6) is 0 Å². The Balaban J connectivity index is 1.32. The van der Waals surface area contributed by atoms with E-state index in [1.54, 1.807) is 24.6 Å². The molecule has 10 aliphatic heterocycles. The van der Waals surface area contributed by atoms with Gasteiger partial charge >= 0.3 is 147 Å². The van der Waals surface area contributed by atoms with Crippen LogP contribution in [-0.4, -0.2) is 32.8 Å². The zero-order valence-corrected chi connectivity index (χ0v) is 19.3. The van der Waals surface area contributed by atoms with Crippen LogP contribution in [0.4, 0.5) is 0 Å². The maximum absolute atomic E-state index is 2.99. The van der Waals surface area contributed by atoms with Crippen molar-refractivity contribution in [3.8, 4) is 0 Å². The summed E-state index contributed by atoms with van der Waals surface area (Å²) in [5.41, 5.74) is 0. The Morgan fingerprint density at radius 3 is 1.08 bits per heavy atom. The zero-order valence-electron chi connectivity index (χ0n) is 16.5. The van der Waals surface area contributed by atoms with Crippen molar-refractivity contribution in [1.82, 2.24) is 0 Å². The van der Waals surface area contributed by atoms with Crippen LogP contribution < -0.4 is 0 Å². The predicted molar refractivity (Wildman–Crippen MR) is 110 cm³/mol. The summed E-state index contributed by atoms with van der Waals surface area (Å²) in [5.74, 6) is 0. The minimum atomic E-state index is -2.99.